The van der Waals surface area contributed by atoms with E-state index in [1.165, 1.54) is 81.0 Å². The van der Waals surface area contributed by atoms with Crippen LogP contribution < -0.4 is 0 Å². The third kappa shape index (κ3) is 6.09. The van der Waals surface area contributed by atoms with Gasteiger partial charge in [0.25, 0.3) is 0 Å². The molecule has 0 fully saturated rings. The van der Waals surface area contributed by atoms with Gasteiger partial charge in [-0.15, -0.1) is 11.3 Å². The number of hydrogen-bond acceptors (Lipinski definition) is 3. The van der Waals surface area contributed by atoms with Gasteiger partial charge in [-0.25, -0.2) is 9.97 Å². The normalized spacial score (nSPS) is 12.7. The molecular formula is C63H40N2S. The van der Waals surface area contributed by atoms with E-state index in [9.17, 15) is 0 Å². The molecule has 66 heavy (non-hydrogen) atoms. The fraction of sp³-hybridized carbons (Fsp3) is 0.0159. The highest BCUT2D eigenvalue weighted by Gasteiger charge is 2.46. The number of fused-ring (bicyclic) bond motifs is 7. The molecule has 1 aliphatic rings. The van der Waals surface area contributed by atoms with Crippen LogP contribution in [-0.4, -0.2) is 9.97 Å². The minimum atomic E-state index is -0.507. The SMILES string of the molecule is c1ccc(-c2nc(-c3ccc(-c4ccc(-c5ccc6sc7ccccc7c6c5)c5ccccc45)cc3)cc(-c3ccc4c(c3)C(c3ccccc3)(c3ccccc3)c3ccccc3-4)n2)cc1. The van der Waals surface area contributed by atoms with Crippen molar-refractivity contribution in [3.05, 3.63) is 265 Å². The van der Waals surface area contributed by atoms with Gasteiger partial charge in [-0.05, 0) is 96.7 Å². The Morgan fingerprint density at radius 2 is 0.788 bits per heavy atom. The molecule has 0 aliphatic heterocycles. The lowest BCUT2D eigenvalue weighted by atomic mass is 9.67. The topological polar surface area (TPSA) is 25.8 Å². The Balaban J connectivity index is 0.923. The Morgan fingerprint density at radius 1 is 0.288 bits per heavy atom. The van der Waals surface area contributed by atoms with Gasteiger partial charge in [-0.1, -0.05) is 212 Å². The van der Waals surface area contributed by atoms with Crippen LogP contribution in [-0.2, 0) is 5.41 Å². The van der Waals surface area contributed by atoms with Gasteiger partial charge in [0.1, 0.15) is 0 Å². The standard InChI is InChI=1S/C63H40N2S/c1-4-16-43(17-5-1)62-64-58(40-59(65-62)45-32-34-53-52-24-12-14-26-56(52)63(57(53)39-45,46-18-6-2-7-19-46)47-20-8-3-9-21-47)42-30-28-41(29-31-42)48-35-36-49(51-23-11-10-22-50(48)51)44-33-37-61-55(38-44)54-25-13-15-27-60(54)66-61/h1-40H. The summed E-state index contributed by atoms with van der Waals surface area (Å²) in [4.78, 5) is 10.6. The lowest BCUT2D eigenvalue weighted by Crippen LogP contribution is -2.28. The van der Waals surface area contributed by atoms with Crippen molar-refractivity contribution in [2.24, 2.45) is 0 Å². The summed E-state index contributed by atoms with van der Waals surface area (Å²) < 4.78 is 2.64. The first-order valence-electron chi connectivity index (χ1n) is 22.6. The quantitative estimate of drug-likeness (QED) is 0.160. The number of thiophene rings is 1. The Hall–Kier alpha value is -8.24. The lowest BCUT2D eigenvalue weighted by molar-refractivity contribution is 0.768. The minimum absolute atomic E-state index is 0.507. The molecule has 1 aliphatic carbocycles. The van der Waals surface area contributed by atoms with E-state index in [1.807, 2.05) is 17.4 Å². The van der Waals surface area contributed by atoms with E-state index in [2.05, 4.69) is 237 Å². The Kier molecular flexibility index (Phi) is 8.97. The van der Waals surface area contributed by atoms with Crippen LogP contribution in [0.15, 0.2) is 243 Å². The van der Waals surface area contributed by atoms with Crippen LogP contribution in [0.4, 0.5) is 0 Å². The van der Waals surface area contributed by atoms with E-state index in [4.69, 9.17) is 9.97 Å². The van der Waals surface area contributed by atoms with E-state index in [1.54, 1.807) is 0 Å². The lowest BCUT2D eigenvalue weighted by Gasteiger charge is -2.34. The summed E-state index contributed by atoms with van der Waals surface area (Å²) in [6.45, 7) is 0. The van der Waals surface area contributed by atoms with E-state index in [0.717, 1.165) is 33.6 Å². The van der Waals surface area contributed by atoms with Gasteiger partial charge < -0.3 is 0 Å². The highest BCUT2D eigenvalue weighted by molar-refractivity contribution is 7.25. The molecule has 0 spiro atoms. The van der Waals surface area contributed by atoms with Gasteiger partial charge >= 0.3 is 0 Å². The van der Waals surface area contributed by atoms with Crippen LogP contribution in [0.2, 0.25) is 0 Å². The first kappa shape index (κ1) is 38.2. The largest absolute Gasteiger partial charge is 0.228 e. The molecule has 2 heterocycles. The highest BCUT2D eigenvalue weighted by Crippen LogP contribution is 2.56. The summed E-state index contributed by atoms with van der Waals surface area (Å²) in [6, 6.07) is 88.2. The van der Waals surface area contributed by atoms with E-state index < -0.39 is 5.41 Å². The molecule has 0 radical (unpaired) electrons. The van der Waals surface area contributed by atoms with Crippen LogP contribution >= 0.6 is 11.3 Å². The molecule has 0 amide bonds. The Morgan fingerprint density at radius 3 is 1.50 bits per heavy atom. The first-order valence-corrected chi connectivity index (χ1v) is 23.4. The van der Waals surface area contributed by atoms with Gasteiger partial charge in [0, 0.05) is 36.9 Å². The average molecular weight is 857 g/mol. The molecule has 0 N–H and O–H groups in total. The third-order valence-corrected chi connectivity index (χ3v) is 14.8. The van der Waals surface area contributed by atoms with Crippen LogP contribution in [0.3, 0.4) is 0 Å². The summed E-state index contributed by atoms with van der Waals surface area (Å²) in [5.41, 5.74) is 16.7. The third-order valence-electron chi connectivity index (χ3n) is 13.6. The maximum Gasteiger partial charge on any atom is 0.160 e. The fourth-order valence-corrected chi connectivity index (χ4v) is 11.7. The highest BCUT2D eigenvalue weighted by atomic mass is 32.1. The van der Waals surface area contributed by atoms with Crippen molar-refractivity contribution in [1.29, 1.82) is 0 Å². The number of benzene rings is 10. The molecular weight excluding hydrogens is 817 g/mol. The predicted octanol–water partition coefficient (Wildman–Crippen LogP) is 16.7. The van der Waals surface area contributed by atoms with Gasteiger partial charge in [0.15, 0.2) is 5.82 Å². The van der Waals surface area contributed by atoms with Crippen LogP contribution in [0.5, 0.6) is 0 Å². The Bertz CT molecular complexity index is 3760. The van der Waals surface area contributed by atoms with Crippen LogP contribution in [0.1, 0.15) is 22.3 Å². The van der Waals surface area contributed by atoms with Gasteiger partial charge in [-0.2, -0.15) is 0 Å². The molecule has 0 saturated carbocycles. The van der Waals surface area contributed by atoms with Crippen molar-refractivity contribution in [3.63, 3.8) is 0 Å². The van der Waals surface area contributed by atoms with Crippen molar-refractivity contribution in [2.45, 2.75) is 5.41 Å². The zero-order valence-electron chi connectivity index (χ0n) is 35.9. The number of nitrogens with zero attached hydrogens (tertiary/aromatic N) is 2. The Labute approximate surface area is 387 Å². The van der Waals surface area contributed by atoms with E-state index in [0.29, 0.717) is 5.82 Å². The summed E-state index contributed by atoms with van der Waals surface area (Å²) in [7, 11) is 0. The predicted molar refractivity (Wildman–Crippen MR) is 277 cm³/mol. The summed E-state index contributed by atoms with van der Waals surface area (Å²) in [6.07, 6.45) is 0. The van der Waals surface area contributed by atoms with Crippen molar-refractivity contribution in [3.8, 4) is 67.3 Å². The smallest absolute Gasteiger partial charge is 0.160 e. The van der Waals surface area contributed by atoms with Gasteiger partial charge in [0.05, 0.1) is 16.8 Å². The number of rotatable bonds is 7. The summed E-state index contributed by atoms with van der Waals surface area (Å²) >= 11 is 1.86. The maximum atomic E-state index is 5.32. The van der Waals surface area contributed by atoms with Crippen molar-refractivity contribution in [1.82, 2.24) is 9.97 Å². The molecule has 308 valence electrons. The van der Waals surface area contributed by atoms with Crippen molar-refractivity contribution in [2.75, 3.05) is 0 Å². The zero-order valence-corrected chi connectivity index (χ0v) is 36.7. The molecule has 0 unspecified atom stereocenters. The van der Waals surface area contributed by atoms with E-state index in [-0.39, 0.29) is 0 Å². The molecule has 0 saturated heterocycles. The zero-order chi connectivity index (χ0) is 43.6. The average Bonchev–Trinajstić information content (AvgIpc) is 3.92. The molecule has 12 aromatic rings. The van der Waals surface area contributed by atoms with Crippen LogP contribution in [0, 0.1) is 0 Å². The van der Waals surface area contributed by atoms with Gasteiger partial charge in [0.2, 0.25) is 0 Å². The summed E-state index contributed by atoms with van der Waals surface area (Å²) in [5, 5.41) is 5.11. The first-order chi connectivity index (χ1) is 32.7. The molecule has 2 nitrogen and oxygen atoms in total. The molecule has 3 heteroatoms. The molecule has 10 aromatic carbocycles. The molecule has 0 atom stereocenters. The monoisotopic (exact) mass is 856 g/mol. The van der Waals surface area contributed by atoms with Crippen LogP contribution in [0.25, 0.3) is 98.2 Å². The molecule has 13 rings (SSSR count). The summed E-state index contributed by atoms with van der Waals surface area (Å²) in [5.74, 6) is 0.698. The van der Waals surface area contributed by atoms with Gasteiger partial charge in [-0.3, -0.25) is 0 Å². The second-order valence-electron chi connectivity index (χ2n) is 17.2. The molecule has 0 bridgehead atoms. The second-order valence-corrected chi connectivity index (χ2v) is 18.3. The molecule has 2 aromatic heterocycles. The second kappa shape index (κ2) is 15.5. The fourth-order valence-electron chi connectivity index (χ4n) is 10.6. The van der Waals surface area contributed by atoms with Crippen molar-refractivity contribution >= 4 is 42.3 Å². The minimum Gasteiger partial charge on any atom is -0.228 e. The number of hydrogen-bond donors (Lipinski definition) is 0. The maximum absolute atomic E-state index is 5.32. The van der Waals surface area contributed by atoms with E-state index >= 15 is 0 Å². The number of aromatic nitrogens is 2. The van der Waals surface area contributed by atoms with Crippen molar-refractivity contribution < 1.29 is 0 Å².